The molecule has 2 heterocycles. The van der Waals surface area contributed by atoms with Crippen LogP contribution in [0.2, 0.25) is 0 Å². The second-order valence-electron chi connectivity index (χ2n) is 11.2. The first-order chi connectivity index (χ1) is 21.2. The Morgan fingerprint density at radius 2 is 1.26 bits per heavy atom. The van der Waals surface area contributed by atoms with Gasteiger partial charge in [-0.25, -0.2) is 0 Å². The first-order valence-electron chi connectivity index (χ1n) is 14.8. The molecule has 3 N–H and O–H groups in total. The van der Waals surface area contributed by atoms with E-state index in [1.54, 1.807) is 0 Å². The summed E-state index contributed by atoms with van der Waals surface area (Å²) in [5, 5.41) is 8.96. The number of hydrogen-bond donors (Lipinski definition) is 2. The van der Waals surface area contributed by atoms with Crippen molar-refractivity contribution in [1.29, 1.82) is 0 Å². The summed E-state index contributed by atoms with van der Waals surface area (Å²) >= 11 is 0. The zero-order valence-electron chi connectivity index (χ0n) is 23.7. The molecule has 206 valence electrons. The molecule has 3 nitrogen and oxygen atoms in total. The fourth-order valence-electron chi connectivity index (χ4n) is 6.49. The van der Waals surface area contributed by atoms with Gasteiger partial charge in [0.1, 0.15) is 0 Å². The van der Waals surface area contributed by atoms with Crippen LogP contribution in [0.1, 0.15) is 22.7 Å². The highest BCUT2D eigenvalue weighted by Gasteiger charge is 2.17. The Labute approximate surface area is 250 Å². The second kappa shape index (κ2) is 10.5. The highest BCUT2D eigenvalue weighted by Crippen LogP contribution is 2.39. The predicted octanol–water partition coefficient (Wildman–Crippen LogP) is 9.33. The van der Waals surface area contributed by atoms with Crippen LogP contribution in [0.15, 0.2) is 152 Å². The van der Waals surface area contributed by atoms with Crippen molar-refractivity contribution in [3.63, 3.8) is 0 Å². The SMILES string of the molecule is NC(/C=C(\NCc1ccc2c3cccc4c5ccccc5n(c2c1)c43)c1cccc(-c2ccccc2)c1)c1ccccc1. The van der Waals surface area contributed by atoms with Crippen LogP contribution >= 0.6 is 0 Å². The highest BCUT2D eigenvalue weighted by atomic mass is 14.9. The standard InChI is InChI=1S/C40H31N3/c41-36(29-13-5-2-6-14-29)25-37(31-16-9-15-30(24-31)28-11-3-1-4-12-28)42-26-27-21-22-33-35-19-10-18-34-32-17-7-8-20-38(32)43(40(34)35)39(33)23-27/h1-25,36,42H,26,41H2/b37-25-. The average molecular weight is 554 g/mol. The van der Waals surface area contributed by atoms with Crippen molar-refractivity contribution < 1.29 is 0 Å². The summed E-state index contributed by atoms with van der Waals surface area (Å²) in [6, 6.07) is 51.4. The maximum absolute atomic E-state index is 6.74. The first kappa shape index (κ1) is 25.3. The summed E-state index contributed by atoms with van der Waals surface area (Å²) in [5.74, 6) is 0. The molecular weight excluding hydrogens is 522 g/mol. The second-order valence-corrected chi connectivity index (χ2v) is 11.2. The molecule has 43 heavy (non-hydrogen) atoms. The largest absolute Gasteiger partial charge is 0.381 e. The van der Waals surface area contributed by atoms with Crippen molar-refractivity contribution in [2.45, 2.75) is 12.6 Å². The molecule has 0 saturated carbocycles. The van der Waals surface area contributed by atoms with E-state index < -0.39 is 0 Å². The van der Waals surface area contributed by atoms with Gasteiger partial charge in [0.15, 0.2) is 0 Å². The normalized spacial score (nSPS) is 12.9. The van der Waals surface area contributed by atoms with Crippen LogP contribution in [0.3, 0.4) is 0 Å². The Bertz CT molecular complexity index is 2240. The third-order valence-corrected chi connectivity index (χ3v) is 8.58. The molecule has 0 saturated heterocycles. The number of para-hydroxylation sites is 2. The first-order valence-corrected chi connectivity index (χ1v) is 14.8. The lowest BCUT2D eigenvalue weighted by atomic mass is 9.99. The van der Waals surface area contributed by atoms with Crippen LogP contribution in [0.25, 0.3) is 54.9 Å². The summed E-state index contributed by atoms with van der Waals surface area (Å²) in [6.07, 6.45) is 2.14. The smallest absolute Gasteiger partial charge is 0.0620 e. The number of nitrogens with two attached hydrogens (primary N) is 1. The van der Waals surface area contributed by atoms with Gasteiger partial charge in [-0.1, -0.05) is 127 Å². The molecule has 0 fully saturated rings. The van der Waals surface area contributed by atoms with Gasteiger partial charge in [-0.05, 0) is 52.1 Å². The lowest BCUT2D eigenvalue weighted by Crippen LogP contribution is -2.16. The Morgan fingerprint density at radius 3 is 2.07 bits per heavy atom. The predicted molar refractivity (Wildman–Crippen MR) is 181 cm³/mol. The molecular formula is C40H31N3. The van der Waals surface area contributed by atoms with Gasteiger partial charge in [0.25, 0.3) is 0 Å². The monoisotopic (exact) mass is 553 g/mol. The minimum atomic E-state index is -0.238. The van der Waals surface area contributed by atoms with Gasteiger partial charge in [0.2, 0.25) is 0 Å². The molecule has 0 spiro atoms. The molecule has 0 aliphatic rings. The highest BCUT2D eigenvalue weighted by molar-refractivity contribution is 6.23. The van der Waals surface area contributed by atoms with Gasteiger partial charge in [-0.15, -0.1) is 0 Å². The minimum Gasteiger partial charge on any atom is -0.381 e. The maximum Gasteiger partial charge on any atom is 0.0620 e. The zero-order chi connectivity index (χ0) is 28.8. The van der Waals surface area contributed by atoms with Gasteiger partial charge in [-0.2, -0.15) is 0 Å². The quantitative estimate of drug-likeness (QED) is 0.206. The van der Waals surface area contributed by atoms with Crippen LogP contribution in [0, 0.1) is 0 Å². The van der Waals surface area contributed by atoms with Crippen molar-refractivity contribution in [3.8, 4) is 11.1 Å². The van der Waals surface area contributed by atoms with E-state index >= 15 is 0 Å². The van der Waals surface area contributed by atoms with E-state index in [1.807, 2.05) is 18.2 Å². The van der Waals surface area contributed by atoms with Crippen molar-refractivity contribution in [3.05, 3.63) is 168 Å². The average Bonchev–Trinajstić information content (AvgIpc) is 3.59. The summed E-state index contributed by atoms with van der Waals surface area (Å²) < 4.78 is 2.43. The van der Waals surface area contributed by atoms with E-state index in [0.29, 0.717) is 6.54 Å². The topological polar surface area (TPSA) is 42.5 Å². The fraction of sp³-hybridized carbons (Fsp3) is 0.0500. The molecule has 8 aromatic rings. The fourth-order valence-corrected chi connectivity index (χ4v) is 6.49. The van der Waals surface area contributed by atoms with E-state index in [-0.39, 0.29) is 6.04 Å². The van der Waals surface area contributed by atoms with Crippen LogP contribution in [-0.4, -0.2) is 4.40 Å². The van der Waals surface area contributed by atoms with Crippen LogP contribution in [0.4, 0.5) is 0 Å². The molecule has 0 radical (unpaired) electrons. The number of nitrogens with zero attached hydrogens (tertiary/aromatic N) is 1. The van der Waals surface area contributed by atoms with E-state index in [0.717, 1.165) is 16.8 Å². The molecule has 2 aromatic heterocycles. The van der Waals surface area contributed by atoms with Gasteiger partial charge >= 0.3 is 0 Å². The molecule has 1 atom stereocenters. The van der Waals surface area contributed by atoms with Gasteiger partial charge < -0.3 is 15.5 Å². The summed E-state index contributed by atoms with van der Waals surface area (Å²) in [4.78, 5) is 0. The molecule has 8 rings (SSSR count). The van der Waals surface area contributed by atoms with Crippen molar-refractivity contribution in [1.82, 2.24) is 9.72 Å². The van der Waals surface area contributed by atoms with E-state index in [9.17, 15) is 0 Å². The molecule has 0 bridgehead atoms. The van der Waals surface area contributed by atoms with Gasteiger partial charge in [0, 0.05) is 33.8 Å². The number of hydrogen-bond acceptors (Lipinski definition) is 2. The maximum atomic E-state index is 6.74. The molecule has 1 unspecified atom stereocenters. The zero-order valence-corrected chi connectivity index (χ0v) is 23.7. The van der Waals surface area contributed by atoms with Gasteiger partial charge in [-0.3, -0.25) is 0 Å². The summed E-state index contributed by atoms with van der Waals surface area (Å²) in [5.41, 5.74) is 17.3. The number of aromatic nitrogens is 1. The molecule has 0 aliphatic carbocycles. The van der Waals surface area contributed by atoms with Crippen LogP contribution in [-0.2, 0) is 6.54 Å². The van der Waals surface area contributed by atoms with E-state index in [2.05, 4.69) is 143 Å². The van der Waals surface area contributed by atoms with Gasteiger partial charge in [0.05, 0.1) is 22.6 Å². The molecule has 0 aliphatic heterocycles. The van der Waals surface area contributed by atoms with Crippen molar-refractivity contribution in [2.24, 2.45) is 5.73 Å². The van der Waals surface area contributed by atoms with Crippen LogP contribution in [0.5, 0.6) is 0 Å². The Balaban J connectivity index is 1.19. The third-order valence-electron chi connectivity index (χ3n) is 8.58. The Hall–Kier alpha value is -5.38. The third kappa shape index (κ3) is 4.42. The molecule has 0 amide bonds. The summed E-state index contributed by atoms with van der Waals surface area (Å²) in [6.45, 7) is 0.675. The minimum absolute atomic E-state index is 0.238. The van der Waals surface area contributed by atoms with Crippen LogP contribution < -0.4 is 11.1 Å². The number of fused-ring (bicyclic) bond motifs is 6. The molecule has 3 heteroatoms. The van der Waals surface area contributed by atoms with Crippen molar-refractivity contribution in [2.75, 3.05) is 0 Å². The summed E-state index contributed by atoms with van der Waals surface area (Å²) in [7, 11) is 0. The number of nitrogens with one attached hydrogen (secondary N) is 1. The Morgan fingerprint density at radius 1 is 0.605 bits per heavy atom. The number of benzene rings is 6. The van der Waals surface area contributed by atoms with Crippen molar-refractivity contribution >= 4 is 43.8 Å². The van der Waals surface area contributed by atoms with E-state index in [1.165, 1.54) is 54.8 Å². The Kier molecular flexibility index (Phi) is 6.17. The lowest BCUT2D eigenvalue weighted by Gasteiger charge is -2.16. The molecule has 6 aromatic carbocycles. The lowest BCUT2D eigenvalue weighted by molar-refractivity contribution is 0.858. The van der Waals surface area contributed by atoms with E-state index in [4.69, 9.17) is 5.73 Å². The number of rotatable bonds is 7.